The summed E-state index contributed by atoms with van der Waals surface area (Å²) < 4.78 is 5.21. The Balaban J connectivity index is 2.26. The van der Waals surface area contributed by atoms with E-state index in [1.165, 1.54) is 0 Å². The average molecular weight is 227 g/mol. The first kappa shape index (κ1) is 11.3. The quantitative estimate of drug-likeness (QED) is 0.757. The summed E-state index contributed by atoms with van der Waals surface area (Å²) in [6.07, 6.45) is 5.06. The molecule has 0 radical (unpaired) electrons. The molecule has 0 saturated heterocycles. The first-order valence-corrected chi connectivity index (χ1v) is 5.25. The van der Waals surface area contributed by atoms with Gasteiger partial charge in [0, 0.05) is 6.20 Å². The summed E-state index contributed by atoms with van der Waals surface area (Å²) in [7, 11) is 1.63. The number of aromatic nitrogens is 2. The van der Waals surface area contributed by atoms with Crippen molar-refractivity contribution in [3.8, 4) is 5.75 Å². The Morgan fingerprint density at radius 1 is 1.24 bits per heavy atom. The molecule has 0 amide bonds. The van der Waals surface area contributed by atoms with Crippen molar-refractivity contribution in [3.05, 3.63) is 48.0 Å². The first-order valence-electron chi connectivity index (χ1n) is 5.25. The summed E-state index contributed by atoms with van der Waals surface area (Å²) in [6.45, 7) is 1.90. The van der Waals surface area contributed by atoms with Crippen molar-refractivity contribution in [1.29, 1.82) is 0 Å². The van der Waals surface area contributed by atoms with Crippen molar-refractivity contribution < 1.29 is 4.74 Å². The van der Waals surface area contributed by atoms with Gasteiger partial charge in [-0.25, -0.2) is 4.98 Å². The molecule has 0 spiro atoms. The molecule has 0 fully saturated rings. The highest BCUT2D eigenvalue weighted by Gasteiger charge is 1.98. The molecule has 0 unspecified atom stereocenters. The van der Waals surface area contributed by atoms with Crippen LogP contribution in [0.3, 0.4) is 0 Å². The highest BCUT2D eigenvalue weighted by Crippen LogP contribution is 2.25. The summed E-state index contributed by atoms with van der Waals surface area (Å²) in [5.41, 5.74) is 2.38. The maximum absolute atomic E-state index is 5.21. The zero-order valence-electron chi connectivity index (χ0n) is 9.79. The molecule has 0 N–H and O–H groups in total. The van der Waals surface area contributed by atoms with E-state index in [4.69, 9.17) is 4.74 Å². The van der Waals surface area contributed by atoms with Gasteiger partial charge in [-0.05, 0) is 19.1 Å². The molecule has 0 aliphatic carbocycles. The number of benzene rings is 1. The fourth-order valence-electron chi connectivity index (χ4n) is 1.42. The molecule has 17 heavy (non-hydrogen) atoms. The third-order valence-corrected chi connectivity index (χ3v) is 2.19. The smallest absolute Gasteiger partial charge is 0.144 e. The minimum atomic E-state index is 0.732. The Morgan fingerprint density at radius 2 is 2.06 bits per heavy atom. The number of rotatable bonds is 3. The Labute approximate surface area is 100 Å². The van der Waals surface area contributed by atoms with Crippen LogP contribution in [0.25, 0.3) is 0 Å². The lowest BCUT2D eigenvalue weighted by molar-refractivity contribution is 0.416. The number of aryl methyl sites for hydroxylation is 1. The third kappa shape index (κ3) is 2.87. The lowest BCUT2D eigenvalue weighted by Crippen LogP contribution is -1.91. The second kappa shape index (κ2) is 5.21. The van der Waals surface area contributed by atoms with Crippen LogP contribution in [0.15, 0.2) is 41.7 Å². The van der Waals surface area contributed by atoms with E-state index in [1.807, 2.05) is 31.2 Å². The topological polar surface area (TPSA) is 47.4 Å². The number of ether oxygens (including phenoxy) is 1. The predicted molar refractivity (Wildman–Crippen MR) is 67.0 cm³/mol. The number of hydrogen-bond acceptors (Lipinski definition) is 4. The van der Waals surface area contributed by atoms with E-state index in [1.54, 1.807) is 25.7 Å². The fourth-order valence-corrected chi connectivity index (χ4v) is 1.42. The molecular formula is C13H13N3O. The summed E-state index contributed by atoms with van der Waals surface area (Å²) >= 11 is 0. The van der Waals surface area contributed by atoms with Gasteiger partial charge in [0.25, 0.3) is 0 Å². The molecular weight excluding hydrogens is 214 g/mol. The molecule has 0 bridgehead atoms. The zero-order valence-corrected chi connectivity index (χ0v) is 9.79. The number of para-hydroxylation sites is 2. The number of methoxy groups -OCH3 is 1. The van der Waals surface area contributed by atoms with Gasteiger partial charge < -0.3 is 4.74 Å². The summed E-state index contributed by atoms with van der Waals surface area (Å²) in [5.74, 6) is 0.740. The van der Waals surface area contributed by atoms with Gasteiger partial charge in [0.05, 0.1) is 30.9 Å². The monoisotopic (exact) mass is 227 g/mol. The molecule has 1 heterocycles. The lowest BCUT2D eigenvalue weighted by atomic mass is 10.3. The Bertz CT molecular complexity index is 538. The molecule has 86 valence electrons. The van der Waals surface area contributed by atoms with Gasteiger partial charge >= 0.3 is 0 Å². The van der Waals surface area contributed by atoms with Gasteiger partial charge in [-0.1, -0.05) is 12.1 Å². The van der Waals surface area contributed by atoms with Crippen LogP contribution in [0, 0.1) is 6.92 Å². The van der Waals surface area contributed by atoms with E-state index in [0.717, 1.165) is 22.8 Å². The van der Waals surface area contributed by atoms with Crippen molar-refractivity contribution in [2.45, 2.75) is 6.92 Å². The van der Waals surface area contributed by atoms with Crippen LogP contribution in [-0.4, -0.2) is 23.3 Å². The van der Waals surface area contributed by atoms with Gasteiger partial charge in [0.2, 0.25) is 0 Å². The largest absolute Gasteiger partial charge is 0.494 e. The van der Waals surface area contributed by atoms with Gasteiger partial charge in [-0.3, -0.25) is 9.98 Å². The van der Waals surface area contributed by atoms with Gasteiger partial charge in [0.1, 0.15) is 11.4 Å². The van der Waals surface area contributed by atoms with Crippen LogP contribution in [0.4, 0.5) is 5.69 Å². The van der Waals surface area contributed by atoms with Crippen molar-refractivity contribution in [1.82, 2.24) is 9.97 Å². The predicted octanol–water partition coefficient (Wildman–Crippen LogP) is 2.54. The van der Waals surface area contributed by atoms with Crippen LogP contribution in [0.2, 0.25) is 0 Å². The average Bonchev–Trinajstić information content (AvgIpc) is 2.37. The van der Waals surface area contributed by atoms with Crippen LogP contribution < -0.4 is 4.74 Å². The minimum absolute atomic E-state index is 0.732. The molecule has 4 nitrogen and oxygen atoms in total. The van der Waals surface area contributed by atoms with Crippen LogP contribution in [0.5, 0.6) is 5.75 Å². The number of nitrogens with zero attached hydrogens (tertiary/aromatic N) is 3. The van der Waals surface area contributed by atoms with E-state index >= 15 is 0 Å². The molecule has 1 aromatic carbocycles. The summed E-state index contributed by atoms with van der Waals surface area (Å²) in [6, 6.07) is 7.58. The molecule has 0 atom stereocenters. The molecule has 2 aromatic rings. The normalized spacial score (nSPS) is 10.7. The second-order valence-electron chi connectivity index (χ2n) is 3.52. The molecule has 0 aliphatic rings. The zero-order chi connectivity index (χ0) is 12.1. The van der Waals surface area contributed by atoms with Crippen molar-refractivity contribution in [2.24, 2.45) is 4.99 Å². The number of hydrogen-bond donors (Lipinski definition) is 0. The molecule has 0 aliphatic heterocycles. The Kier molecular flexibility index (Phi) is 3.45. The summed E-state index contributed by atoms with van der Waals surface area (Å²) in [4.78, 5) is 12.7. The molecule has 1 aromatic heterocycles. The number of aliphatic imine (C=N–C) groups is 1. The second-order valence-corrected chi connectivity index (χ2v) is 3.52. The van der Waals surface area contributed by atoms with E-state index in [9.17, 15) is 0 Å². The third-order valence-electron chi connectivity index (χ3n) is 2.19. The maximum Gasteiger partial charge on any atom is 0.144 e. The van der Waals surface area contributed by atoms with E-state index in [-0.39, 0.29) is 0 Å². The van der Waals surface area contributed by atoms with E-state index in [2.05, 4.69) is 15.0 Å². The van der Waals surface area contributed by atoms with E-state index < -0.39 is 0 Å². The summed E-state index contributed by atoms with van der Waals surface area (Å²) in [5, 5.41) is 0. The van der Waals surface area contributed by atoms with Crippen LogP contribution in [-0.2, 0) is 0 Å². The van der Waals surface area contributed by atoms with Gasteiger partial charge in [-0.15, -0.1) is 0 Å². The van der Waals surface area contributed by atoms with Gasteiger partial charge in [0.15, 0.2) is 0 Å². The van der Waals surface area contributed by atoms with E-state index in [0.29, 0.717) is 0 Å². The standard InChI is InChI=1S/C13H13N3O/c1-10-7-14-8-11(16-10)9-15-12-5-3-4-6-13(12)17-2/h3-9H,1-2H3. The van der Waals surface area contributed by atoms with Crippen molar-refractivity contribution in [2.75, 3.05) is 7.11 Å². The van der Waals surface area contributed by atoms with Crippen molar-refractivity contribution in [3.63, 3.8) is 0 Å². The van der Waals surface area contributed by atoms with Crippen LogP contribution >= 0.6 is 0 Å². The lowest BCUT2D eigenvalue weighted by Gasteiger charge is -2.02. The molecule has 0 saturated carbocycles. The first-order chi connectivity index (χ1) is 8.29. The fraction of sp³-hybridized carbons (Fsp3) is 0.154. The van der Waals surface area contributed by atoms with Gasteiger partial charge in [-0.2, -0.15) is 0 Å². The molecule has 2 rings (SSSR count). The Hall–Kier alpha value is -2.23. The maximum atomic E-state index is 5.21. The Morgan fingerprint density at radius 3 is 2.82 bits per heavy atom. The highest BCUT2D eigenvalue weighted by atomic mass is 16.5. The highest BCUT2D eigenvalue weighted by molar-refractivity contribution is 5.80. The minimum Gasteiger partial charge on any atom is -0.494 e. The van der Waals surface area contributed by atoms with Crippen molar-refractivity contribution >= 4 is 11.9 Å². The SMILES string of the molecule is COc1ccccc1N=Cc1cncc(C)n1. The molecule has 4 heteroatoms. The van der Waals surface area contributed by atoms with Crippen LogP contribution in [0.1, 0.15) is 11.4 Å².